The zero-order chi connectivity index (χ0) is 27.2. The molecule has 1 aliphatic carbocycles. The summed E-state index contributed by atoms with van der Waals surface area (Å²) in [7, 11) is 4.34. The standard InChI is InChI=1S/C29H52O7/c1-9-10-11-12-13-15-18-23-20-21-25(30)24(23)19-16-14-17-22-29(26(31)32-6,35-27(2,3)33-7)36-28(4,5)34-8/h15,18,23-24H,9-14,16-17,19-22H2,1-8H3/b18-15-/t23-,24+/m0/s1. The highest BCUT2D eigenvalue weighted by atomic mass is 16.8. The van der Waals surface area contributed by atoms with Crippen LogP contribution < -0.4 is 0 Å². The molecule has 1 aliphatic rings. The zero-order valence-corrected chi connectivity index (χ0v) is 24.2. The van der Waals surface area contributed by atoms with Gasteiger partial charge in [0, 0.05) is 33.0 Å². The van der Waals surface area contributed by atoms with Crippen molar-refractivity contribution in [1.29, 1.82) is 0 Å². The molecule has 1 rings (SSSR count). The number of Topliss-reactive ketones (excluding diaryl/α,β-unsaturated/α-hetero) is 1. The highest BCUT2D eigenvalue weighted by Gasteiger charge is 2.50. The third-order valence-corrected chi connectivity index (χ3v) is 7.08. The largest absolute Gasteiger partial charge is 0.465 e. The highest BCUT2D eigenvalue weighted by molar-refractivity contribution is 5.83. The van der Waals surface area contributed by atoms with Crippen molar-refractivity contribution in [1.82, 2.24) is 0 Å². The lowest BCUT2D eigenvalue weighted by Crippen LogP contribution is -2.55. The maximum absolute atomic E-state index is 12.9. The molecule has 0 saturated heterocycles. The topological polar surface area (TPSA) is 80.3 Å². The number of unbranched alkanes of at least 4 members (excludes halogenated alkanes) is 6. The number of ketones is 1. The van der Waals surface area contributed by atoms with Gasteiger partial charge < -0.3 is 23.7 Å². The van der Waals surface area contributed by atoms with Crippen LogP contribution in [0.15, 0.2) is 12.2 Å². The summed E-state index contributed by atoms with van der Waals surface area (Å²) >= 11 is 0. The lowest BCUT2D eigenvalue weighted by atomic mass is 9.89. The third kappa shape index (κ3) is 11.0. The molecule has 0 amide bonds. The van der Waals surface area contributed by atoms with Crippen molar-refractivity contribution in [2.75, 3.05) is 21.3 Å². The van der Waals surface area contributed by atoms with Crippen LogP contribution in [0.25, 0.3) is 0 Å². The Morgan fingerprint density at radius 1 is 0.917 bits per heavy atom. The number of methoxy groups -OCH3 is 3. The second-order valence-corrected chi connectivity index (χ2v) is 10.8. The van der Waals surface area contributed by atoms with Gasteiger partial charge in [-0.05, 0) is 65.7 Å². The molecule has 0 aromatic carbocycles. The van der Waals surface area contributed by atoms with Crippen LogP contribution in [0.3, 0.4) is 0 Å². The molecule has 0 unspecified atom stereocenters. The number of carbonyl (C=O) groups excluding carboxylic acids is 2. The molecule has 210 valence electrons. The first-order valence-electron chi connectivity index (χ1n) is 13.7. The van der Waals surface area contributed by atoms with E-state index in [4.69, 9.17) is 23.7 Å². The minimum absolute atomic E-state index is 0.106. The second-order valence-electron chi connectivity index (χ2n) is 10.8. The summed E-state index contributed by atoms with van der Waals surface area (Å²) in [5, 5.41) is 0. The summed E-state index contributed by atoms with van der Waals surface area (Å²) in [6.45, 7) is 9.10. The summed E-state index contributed by atoms with van der Waals surface area (Å²) in [6.07, 6.45) is 15.9. The fraction of sp³-hybridized carbons (Fsp3) is 0.862. The molecule has 0 aliphatic heterocycles. The van der Waals surface area contributed by atoms with Crippen LogP contribution in [0.1, 0.15) is 112 Å². The van der Waals surface area contributed by atoms with Crippen LogP contribution in [0.5, 0.6) is 0 Å². The van der Waals surface area contributed by atoms with E-state index in [1.165, 1.54) is 47.0 Å². The summed E-state index contributed by atoms with van der Waals surface area (Å²) in [5.41, 5.74) is 0. The number of rotatable bonds is 19. The Kier molecular flexibility index (Phi) is 14.4. The highest BCUT2D eigenvalue weighted by Crippen LogP contribution is 2.36. The summed E-state index contributed by atoms with van der Waals surface area (Å²) in [6, 6.07) is 0. The Morgan fingerprint density at radius 3 is 2.08 bits per heavy atom. The van der Waals surface area contributed by atoms with E-state index >= 15 is 0 Å². The van der Waals surface area contributed by atoms with Gasteiger partial charge in [-0.3, -0.25) is 4.79 Å². The number of hydrogen-bond acceptors (Lipinski definition) is 7. The van der Waals surface area contributed by atoms with E-state index in [1.807, 2.05) is 0 Å². The first kappa shape index (κ1) is 32.7. The van der Waals surface area contributed by atoms with Crippen molar-refractivity contribution < 1.29 is 33.3 Å². The molecule has 0 aromatic heterocycles. The van der Waals surface area contributed by atoms with Crippen LogP contribution in [0.2, 0.25) is 0 Å². The maximum Gasteiger partial charge on any atom is 0.366 e. The minimum atomic E-state index is -1.68. The molecular weight excluding hydrogens is 460 g/mol. The average Bonchev–Trinajstić information content (AvgIpc) is 3.19. The Morgan fingerprint density at radius 2 is 1.53 bits per heavy atom. The quantitative estimate of drug-likeness (QED) is 0.0822. The van der Waals surface area contributed by atoms with Crippen LogP contribution in [0, 0.1) is 11.8 Å². The molecule has 36 heavy (non-hydrogen) atoms. The van der Waals surface area contributed by atoms with Gasteiger partial charge in [0.2, 0.25) is 0 Å². The Bertz CT molecular complexity index is 665. The monoisotopic (exact) mass is 512 g/mol. The first-order chi connectivity index (χ1) is 17.0. The van der Waals surface area contributed by atoms with E-state index in [1.54, 1.807) is 27.7 Å². The molecule has 0 N–H and O–H groups in total. The van der Waals surface area contributed by atoms with Crippen molar-refractivity contribution in [3.05, 3.63) is 12.2 Å². The predicted molar refractivity (Wildman–Crippen MR) is 141 cm³/mol. The lowest BCUT2D eigenvalue weighted by Gasteiger charge is -2.41. The molecule has 2 atom stereocenters. The minimum Gasteiger partial charge on any atom is -0.465 e. The fourth-order valence-corrected chi connectivity index (χ4v) is 4.74. The van der Waals surface area contributed by atoms with Gasteiger partial charge in [0.05, 0.1) is 7.11 Å². The van der Waals surface area contributed by atoms with E-state index in [0.717, 1.165) is 32.1 Å². The fourth-order valence-electron chi connectivity index (χ4n) is 4.74. The molecule has 0 bridgehead atoms. The van der Waals surface area contributed by atoms with Crippen LogP contribution in [-0.4, -0.2) is 50.4 Å². The summed E-state index contributed by atoms with van der Waals surface area (Å²) in [5.74, 6) is -3.62. The van der Waals surface area contributed by atoms with Crippen molar-refractivity contribution in [3.63, 3.8) is 0 Å². The smallest absolute Gasteiger partial charge is 0.366 e. The van der Waals surface area contributed by atoms with Crippen LogP contribution >= 0.6 is 0 Å². The molecule has 0 spiro atoms. The zero-order valence-electron chi connectivity index (χ0n) is 24.2. The van der Waals surface area contributed by atoms with Crippen LogP contribution in [-0.2, 0) is 33.3 Å². The number of carbonyl (C=O) groups is 2. The molecule has 7 heteroatoms. The van der Waals surface area contributed by atoms with Gasteiger partial charge in [-0.15, -0.1) is 0 Å². The van der Waals surface area contributed by atoms with Crippen molar-refractivity contribution >= 4 is 11.8 Å². The van der Waals surface area contributed by atoms with E-state index in [2.05, 4.69) is 19.1 Å². The molecule has 1 fully saturated rings. The van der Waals surface area contributed by atoms with Crippen molar-refractivity contribution in [2.24, 2.45) is 11.8 Å². The third-order valence-electron chi connectivity index (χ3n) is 7.08. The van der Waals surface area contributed by atoms with Gasteiger partial charge in [-0.1, -0.05) is 51.2 Å². The van der Waals surface area contributed by atoms with E-state index < -0.39 is 23.3 Å². The first-order valence-corrected chi connectivity index (χ1v) is 13.7. The molecule has 0 radical (unpaired) electrons. The summed E-state index contributed by atoms with van der Waals surface area (Å²) in [4.78, 5) is 25.5. The number of hydrogen-bond donors (Lipinski definition) is 0. The molecular formula is C29H52O7. The van der Waals surface area contributed by atoms with E-state index in [-0.39, 0.29) is 12.3 Å². The van der Waals surface area contributed by atoms with Gasteiger partial charge >= 0.3 is 5.97 Å². The Labute approximate surface area is 219 Å². The number of ether oxygens (including phenoxy) is 5. The van der Waals surface area contributed by atoms with Gasteiger partial charge in [0.1, 0.15) is 5.78 Å². The van der Waals surface area contributed by atoms with Crippen molar-refractivity contribution in [3.8, 4) is 0 Å². The number of esters is 1. The average molecular weight is 513 g/mol. The maximum atomic E-state index is 12.9. The van der Waals surface area contributed by atoms with Gasteiger partial charge in [0.15, 0.2) is 11.6 Å². The Balaban J connectivity index is 2.73. The van der Waals surface area contributed by atoms with E-state index in [9.17, 15) is 9.59 Å². The van der Waals surface area contributed by atoms with Gasteiger partial charge in [0.25, 0.3) is 5.79 Å². The van der Waals surface area contributed by atoms with Crippen molar-refractivity contribution in [2.45, 2.75) is 129 Å². The van der Waals surface area contributed by atoms with Crippen LogP contribution in [0.4, 0.5) is 0 Å². The Hall–Kier alpha value is -1.28. The van der Waals surface area contributed by atoms with Gasteiger partial charge in [-0.25, -0.2) is 4.79 Å². The molecule has 1 saturated carbocycles. The normalized spacial score (nSPS) is 19.4. The number of allylic oxidation sites excluding steroid dienone is 2. The lowest BCUT2D eigenvalue weighted by molar-refractivity contribution is -0.386. The van der Waals surface area contributed by atoms with Gasteiger partial charge in [-0.2, -0.15) is 0 Å². The molecule has 7 nitrogen and oxygen atoms in total. The predicted octanol–water partition coefficient (Wildman–Crippen LogP) is 6.73. The summed E-state index contributed by atoms with van der Waals surface area (Å²) < 4.78 is 28.1. The molecule has 0 aromatic rings. The SMILES string of the molecule is CCCCCC/C=C\[C@H]1CCC(=O)[C@@H]1CCCCCC(OC(C)(C)OC)(OC(C)(C)OC)C(=O)OC. The molecule has 0 heterocycles. The second kappa shape index (κ2) is 15.9. The van der Waals surface area contributed by atoms with E-state index in [0.29, 0.717) is 24.5 Å².